The molecule has 3 fully saturated rings. The number of benzene rings is 5. The van der Waals surface area contributed by atoms with Gasteiger partial charge in [0.25, 0.3) is 5.91 Å². The van der Waals surface area contributed by atoms with E-state index in [2.05, 4.69) is 63.2 Å². The predicted molar refractivity (Wildman–Crippen MR) is 320 cm³/mol. The second-order valence-corrected chi connectivity index (χ2v) is 22.7. The number of carbonyl (C=O) groups excluding carboxylic acids is 5. The largest absolute Gasteiger partial charge is 0.489 e. The van der Waals surface area contributed by atoms with E-state index in [4.69, 9.17) is 42.6 Å². The van der Waals surface area contributed by atoms with E-state index < -0.39 is 18.1 Å². The first-order valence-corrected chi connectivity index (χ1v) is 28.8. The van der Waals surface area contributed by atoms with Crippen LogP contribution in [-0.4, -0.2) is 138 Å². The highest BCUT2D eigenvalue weighted by atomic mass is 35.5. The number of likely N-dealkylation sites (N-methyl/N-ethyl adjacent to an activating group) is 2. The maximum absolute atomic E-state index is 14.2. The molecule has 0 spiro atoms. The summed E-state index contributed by atoms with van der Waals surface area (Å²) in [5.74, 6) is 0.282. The zero-order valence-electron chi connectivity index (χ0n) is 46.9. The lowest BCUT2D eigenvalue weighted by atomic mass is 9.99. The number of hydrogen-bond acceptors (Lipinski definition) is 14. The molecule has 6 aromatic rings. The SMILES string of the molecule is C=C(COc1ccc(CN2C(=O)CCC(N(C)Cc3cc(CNC(=O)Nc4ccc(C)c(Cl)c4)ccc3C=O)C2=O)cc1)C(=O)N1CCN(c2nc(OCC3CCCN3C)nc3c2CCN(c2cccc4cccc(Cl)c24)C3)CC1CC#N. The number of halogens is 2. The van der Waals surface area contributed by atoms with Crippen LogP contribution in [0.1, 0.15) is 76.0 Å². The number of nitriles is 1. The van der Waals surface area contributed by atoms with Crippen molar-refractivity contribution in [1.29, 1.82) is 5.26 Å². The van der Waals surface area contributed by atoms with Crippen LogP contribution in [0.4, 0.5) is 22.0 Å². The smallest absolute Gasteiger partial charge is 0.319 e. The van der Waals surface area contributed by atoms with Crippen molar-refractivity contribution in [3.8, 4) is 17.8 Å². The zero-order chi connectivity index (χ0) is 58.3. The Morgan fingerprint density at radius 2 is 1.69 bits per heavy atom. The number of aldehydes is 1. The van der Waals surface area contributed by atoms with Crippen LogP contribution in [0.15, 0.2) is 109 Å². The van der Waals surface area contributed by atoms with Crippen LogP contribution < -0.4 is 29.9 Å². The Hall–Kier alpha value is -8.08. The summed E-state index contributed by atoms with van der Waals surface area (Å²) in [6.45, 7) is 10.2. The van der Waals surface area contributed by atoms with Crippen LogP contribution in [0.2, 0.25) is 10.0 Å². The highest BCUT2D eigenvalue weighted by molar-refractivity contribution is 6.36. The van der Waals surface area contributed by atoms with Gasteiger partial charge in [-0.15, -0.1) is 0 Å². The van der Waals surface area contributed by atoms with Gasteiger partial charge in [0.1, 0.15) is 31.1 Å². The Bertz CT molecular complexity index is 3500. The van der Waals surface area contributed by atoms with Crippen LogP contribution in [0.25, 0.3) is 10.8 Å². The van der Waals surface area contributed by atoms with Crippen molar-refractivity contribution in [1.82, 2.24) is 34.9 Å². The lowest BCUT2D eigenvalue weighted by Gasteiger charge is -2.42. The molecule has 0 saturated carbocycles. The van der Waals surface area contributed by atoms with Crippen molar-refractivity contribution in [2.75, 3.05) is 75.1 Å². The third kappa shape index (κ3) is 13.4. The highest BCUT2D eigenvalue weighted by Gasteiger charge is 2.38. The number of anilines is 3. The predicted octanol–water partition coefficient (Wildman–Crippen LogP) is 9.13. The lowest BCUT2D eigenvalue weighted by molar-refractivity contribution is -0.153. The van der Waals surface area contributed by atoms with Crippen LogP contribution in [0, 0.1) is 18.3 Å². The monoisotopic (exact) mass is 1160 g/mol. The summed E-state index contributed by atoms with van der Waals surface area (Å²) >= 11 is 13.0. The van der Waals surface area contributed by atoms with Crippen molar-refractivity contribution < 1.29 is 33.4 Å². The molecule has 430 valence electrons. The first kappa shape index (κ1) is 58.1. The molecule has 4 aliphatic heterocycles. The normalized spacial score (nSPS) is 18.3. The van der Waals surface area contributed by atoms with Crippen molar-refractivity contribution in [2.45, 2.75) is 89.8 Å². The maximum Gasteiger partial charge on any atom is 0.319 e. The summed E-state index contributed by atoms with van der Waals surface area (Å²) in [7, 11) is 3.90. The molecule has 83 heavy (non-hydrogen) atoms. The summed E-state index contributed by atoms with van der Waals surface area (Å²) < 4.78 is 12.5. The van der Waals surface area contributed by atoms with Gasteiger partial charge in [0.2, 0.25) is 11.8 Å². The van der Waals surface area contributed by atoms with E-state index >= 15 is 0 Å². The molecule has 4 aliphatic rings. The number of piperazine rings is 1. The van der Waals surface area contributed by atoms with E-state index in [-0.39, 0.29) is 68.4 Å². The number of nitrogens with zero attached hydrogens (tertiary/aromatic N) is 9. The Balaban J connectivity index is 0.744. The number of piperidine rings is 1. The number of aromatic nitrogens is 2. The first-order chi connectivity index (χ1) is 40.1. The van der Waals surface area contributed by atoms with Gasteiger partial charge >= 0.3 is 12.0 Å². The van der Waals surface area contributed by atoms with E-state index in [1.165, 1.54) is 4.90 Å². The molecule has 3 unspecified atom stereocenters. The number of likely N-dealkylation sites (tertiary alicyclic amines) is 2. The van der Waals surface area contributed by atoms with E-state index in [9.17, 15) is 29.2 Å². The van der Waals surface area contributed by atoms with E-state index in [1.807, 2.05) is 42.2 Å². The highest BCUT2D eigenvalue weighted by Crippen LogP contribution is 2.38. The number of nitrogens with one attached hydrogen (secondary N) is 2. The molecule has 2 N–H and O–H groups in total. The first-order valence-electron chi connectivity index (χ1n) is 28.0. The fourth-order valence-electron chi connectivity index (χ4n) is 11.5. The number of fused-ring (bicyclic) bond motifs is 2. The molecule has 5 aromatic carbocycles. The molecular formula is C63H67Cl2N11O7. The van der Waals surface area contributed by atoms with E-state index in [0.717, 1.165) is 70.3 Å². The summed E-state index contributed by atoms with van der Waals surface area (Å²) in [4.78, 5) is 88.0. The number of ether oxygens (including phenoxy) is 2. The van der Waals surface area contributed by atoms with E-state index in [0.29, 0.717) is 96.4 Å². The second-order valence-electron chi connectivity index (χ2n) is 21.8. The molecule has 5 amide bonds. The molecule has 0 radical (unpaired) electrons. The quantitative estimate of drug-likeness (QED) is 0.0442. The average Bonchev–Trinajstić information content (AvgIpc) is 4.02. The topological polar surface area (TPSA) is 197 Å². The van der Waals surface area contributed by atoms with Gasteiger partial charge < -0.3 is 39.7 Å². The fourth-order valence-corrected chi connectivity index (χ4v) is 12.0. The van der Waals surface area contributed by atoms with Gasteiger partial charge in [0.15, 0.2) is 0 Å². The fraction of sp³-hybridized carbons (Fsp3) is 0.365. The van der Waals surface area contributed by atoms with Gasteiger partial charge in [0.05, 0.1) is 48.4 Å². The Labute approximate surface area is 493 Å². The standard InChI is InChI=1S/C63H67Cl2N11O7/c1-40-13-18-47(31-53(40)65)68-62(81)67-32-43-14-17-45(37-77)46(30-43)34-72(4)56-21-22-57(78)76(61(56)80)33-42-15-19-50(20-16-42)82-38-41(2)60(79)75-29-28-74(35-48(75)23-25-66)59-51-24-27-73(55-12-6-9-44-8-5-11-52(64)58(44)55)36-54(51)69-63(70-59)83-39-49-10-7-26-71(49)3/h5-6,8-9,11-20,30-31,37,48-49,56H,2,7,10,21-24,26-29,32-36,38-39H2,1,3-4H3,(H2,67,68,81). The minimum atomic E-state index is -0.629. The van der Waals surface area contributed by atoms with Crippen molar-refractivity contribution in [3.63, 3.8) is 0 Å². The summed E-state index contributed by atoms with van der Waals surface area (Å²) in [5.41, 5.74) is 7.16. The van der Waals surface area contributed by atoms with Gasteiger partial charge in [-0.1, -0.05) is 90.4 Å². The number of amides is 5. The van der Waals surface area contributed by atoms with Crippen LogP contribution in [0.5, 0.6) is 11.8 Å². The minimum absolute atomic E-state index is 0.0421. The molecule has 3 atom stereocenters. The van der Waals surface area contributed by atoms with E-state index in [1.54, 1.807) is 60.5 Å². The summed E-state index contributed by atoms with van der Waals surface area (Å²) in [6.07, 6.45) is 4.14. The molecule has 0 aliphatic carbocycles. The average molecular weight is 1160 g/mol. The molecule has 5 heterocycles. The summed E-state index contributed by atoms with van der Waals surface area (Å²) in [6, 6.07) is 31.0. The van der Waals surface area contributed by atoms with Crippen LogP contribution in [-0.2, 0) is 47.0 Å². The Kier molecular flexibility index (Phi) is 18.2. The number of hydrogen-bond donors (Lipinski definition) is 2. The number of urea groups is 1. The molecule has 3 saturated heterocycles. The number of imide groups is 1. The minimum Gasteiger partial charge on any atom is -0.489 e. The molecule has 10 rings (SSSR count). The zero-order valence-corrected chi connectivity index (χ0v) is 48.4. The van der Waals surface area contributed by atoms with Gasteiger partial charge in [-0.3, -0.25) is 29.0 Å². The molecule has 0 bridgehead atoms. The summed E-state index contributed by atoms with van der Waals surface area (Å²) in [5, 5.41) is 19.0. The third-order valence-corrected chi connectivity index (χ3v) is 17.0. The number of rotatable bonds is 19. The number of carbonyl (C=O) groups is 5. The number of aryl methyl sites for hydroxylation is 1. The van der Waals surface area contributed by atoms with Gasteiger partial charge in [-0.2, -0.15) is 15.2 Å². The van der Waals surface area contributed by atoms with Crippen molar-refractivity contribution in [3.05, 3.63) is 158 Å². The van der Waals surface area contributed by atoms with Crippen LogP contribution in [0.3, 0.4) is 0 Å². The second kappa shape index (κ2) is 26.0. The van der Waals surface area contributed by atoms with Gasteiger partial charge in [-0.25, -0.2) is 4.79 Å². The Morgan fingerprint density at radius 3 is 2.45 bits per heavy atom. The van der Waals surface area contributed by atoms with Gasteiger partial charge in [0, 0.05) is 90.2 Å². The lowest BCUT2D eigenvalue weighted by Crippen LogP contribution is -2.56. The van der Waals surface area contributed by atoms with Crippen LogP contribution >= 0.6 is 23.2 Å². The molecular weight excluding hydrogens is 1090 g/mol. The van der Waals surface area contributed by atoms with Crippen molar-refractivity contribution >= 4 is 81.2 Å². The molecule has 1 aromatic heterocycles. The molecule has 20 heteroatoms. The molecule has 18 nitrogen and oxygen atoms in total. The van der Waals surface area contributed by atoms with Crippen molar-refractivity contribution in [2.24, 2.45) is 0 Å². The van der Waals surface area contributed by atoms with Gasteiger partial charge in [-0.05, 0) is 117 Å². The third-order valence-electron chi connectivity index (χ3n) is 16.3. The maximum atomic E-state index is 14.2. The Morgan fingerprint density at radius 1 is 0.892 bits per heavy atom.